The highest BCUT2D eigenvalue weighted by atomic mass is 79.9. The van der Waals surface area contributed by atoms with Crippen molar-refractivity contribution in [2.45, 2.75) is 20.4 Å². The highest BCUT2D eigenvalue weighted by molar-refractivity contribution is 9.10. The SMILES string of the molecule is CC(C)CNCCNCc1cccc(F)c1Br. The number of benzene rings is 1. The van der Waals surface area contributed by atoms with Crippen LogP contribution in [0.15, 0.2) is 22.7 Å². The van der Waals surface area contributed by atoms with Gasteiger partial charge < -0.3 is 10.6 Å². The Bertz CT molecular complexity index is 342. The maximum Gasteiger partial charge on any atom is 0.137 e. The molecule has 0 amide bonds. The van der Waals surface area contributed by atoms with Crippen molar-refractivity contribution in [2.75, 3.05) is 19.6 Å². The van der Waals surface area contributed by atoms with Crippen LogP contribution >= 0.6 is 15.9 Å². The first-order chi connectivity index (χ1) is 8.11. The molecular weight excluding hydrogens is 283 g/mol. The van der Waals surface area contributed by atoms with Gasteiger partial charge in [0.05, 0.1) is 4.47 Å². The number of rotatable bonds is 7. The van der Waals surface area contributed by atoms with Crippen LogP contribution < -0.4 is 10.6 Å². The average Bonchev–Trinajstić information content (AvgIpc) is 2.28. The van der Waals surface area contributed by atoms with Crippen LogP contribution in [0.25, 0.3) is 0 Å². The van der Waals surface area contributed by atoms with E-state index in [0.717, 1.165) is 25.2 Å². The van der Waals surface area contributed by atoms with Crippen molar-refractivity contribution in [1.29, 1.82) is 0 Å². The zero-order chi connectivity index (χ0) is 12.7. The molecule has 1 aromatic carbocycles. The van der Waals surface area contributed by atoms with E-state index in [4.69, 9.17) is 0 Å². The molecule has 1 rings (SSSR count). The fourth-order valence-corrected chi connectivity index (χ4v) is 1.88. The Balaban J connectivity index is 2.20. The van der Waals surface area contributed by atoms with Crippen LogP contribution in [0, 0.1) is 11.7 Å². The van der Waals surface area contributed by atoms with E-state index in [1.165, 1.54) is 6.07 Å². The van der Waals surface area contributed by atoms with E-state index in [-0.39, 0.29) is 5.82 Å². The lowest BCUT2D eigenvalue weighted by Gasteiger charge is -2.09. The second kappa shape index (κ2) is 7.80. The smallest absolute Gasteiger partial charge is 0.137 e. The van der Waals surface area contributed by atoms with Gasteiger partial charge >= 0.3 is 0 Å². The van der Waals surface area contributed by atoms with Crippen LogP contribution in [-0.4, -0.2) is 19.6 Å². The van der Waals surface area contributed by atoms with E-state index in [1.54, 1.807) is 6.07 Å². The van der Waals surface area contributed by atoms with Crippen molar-refractivity contribution < 1.29 is 4.39 Å². The molecule has 0 radical (unpaired) electrons. The van der Waals surface area contributed by atoms with Gasteiger partial charge in [-0.25, -0.2) is 4.39 Å². The topological polar surface area (TPSA) is 24.1 Å². The van der Waals surface area contributed by atoms with Crippen molar-refractivity contribution in [3.8, 4) is 0 Å². The average molecular weight is 303 g/mol. The molecular formula is C13H20BrFN2. The fourth-order valence-electron chi connectivity index (χ4n) is 1.48. The van der Waals surface area contributed by atoms with E-state index < -0.39 is 0 Å². The number of halogens is 2. The zero-order valence-electron chi connectivity index (χ0n) is 10.4. The largest absolute Gasteiger partial charge is 0.315 e. The molecule has 0 bridgehead atoms. The molecule has 0 aromatic heterocycles. The minimum absolute atomic E-state index is 0.206. The zero-order valence-corrected chi connectivity index (χ0v) is 12.0. The molecule has 0 unspecified atom stereocenters. The second-order valence-electron chi connectivity index (χ2n) is 4.49. The molecule has 0 spiro atoms. The Morgan fingerprint density at radius 2 is 1.94 bits per heavy atom. The predicted octanol–water partition coefficient (Wildman–Crippen LogP) is 2.92. The van der Waals surface area contributed by atoms with Crippen LogP contribution in [-0.2, 0) is 6.54 Å². The van der Waals surface area contributed by atoms with Crippen LogP contribution in [0.4, 0.5) is 4.39 Å². The molecule has 0 fully saturated rings. The molecule has 0 atom stereocenters. The lowest BCUT2D eigenvalue weighted by molar-refractivity contribution is 0.534. The molecule has 0 aliphatic rings. The first kappa shape index (κ1) is 14.6. The van der Waals surface area contributed by atoms with Crippen molar-refractivity contribution in [2.24, 2.45) is 5.92 Å². The summed E-state index contributed by atoms with van der Waals surface area (Å²) in [5.41, 5.74) is 0.953. The molecule has 4 heteroatoms. The van der Waals surface area contributed by atoms with Crippen LogP contribution in [0.5, 0.6) is 0 Å². The maximum absolute atomic E-state index is 13.2. The standard InChI is InChI=1S/C13H20BrFN2/c1-10(2)8-16-6-7-17-9-11-4-3-5-12(15)13(11)14/h3-5,10,16-17H,6-9H2,1-2H3. The third-order valence-corrected chi connectivity index (χ3v) is 3.27. The monoisotopic (exact) mass is 302 g/mol. The Morgan fingerprint density at radius 1 is 1.24 bits per heavy atom. The van der Waals surface area contributed by atoms with Gasteiger partial charge in [-0.1, -0.05) is 26.0 Å². The van der Waals surface area contributed by atoms with Gasteiger partial charge in [0.15, 0.2) is 0 Å². The summed E-state index contributed by atoms with van der Waals surface area (Å²) in [5, 5.41) is 6.63. The predicted molar refractivity (Wildman–Crippen MR) is 73.5 cm³/mol. The fraction of sp³-hybridized carbons (Fsp3) is 0.538. The quantitative estimate of drug-likeness (QED) is 0.757. The lowest BCUT2D eigenvalue weighted by Crippen LogP contribution is -2.29. The van der Waals surface area contributed by atoms with E-state index in [9.17, 15) is 4.39 Å². The summed E-state index contributed by atoms with van der Waals surface area (Å²) in [6.07, 6.45) is 0. The third kappa shape index (κ3) is 5.61. The highest BCUT2D eigenvalue weighted by Crippen LogP contribution is 2.19. The van der Waals surface area contributed by atoms with Crippen molar-refractivity contribution in [3.63, 3.8) is 0 Å². The Hall–Kier alpha value is -0.450. The summed E-state index contributed by atoms with van der Waals surface area (Å²) in [7, 11) is 0. The van der Waals surface area contributed by atoms with Gasteiger partial charge in [0.25, 0.3) is 0 Å². The number of hydrogen-bond donors (Lipinski definition) is 2. The molecule has 96 valence electrons. The van der Waals surface area contributed by atoms with E-state index in [2.05, 4.69) is 40.4 Å². The van der Waals surface area contributed by atoms with Crippen LogP contribution in [0.1, 0.15) is 19.4 Å². The highest BCUT2D eigenvalue weighted by Gasteiger charge is 2.03. The van der Waals surface area contributed by atoms with Gasteiger partial charge in [-0.2, -0.15) is 0 Å². The minimum atomic E-state index is -0.206. The third-order valence-electron chi connectivity index (χ3n) is 2.38. The van der Waals surface area contributed by atoms with Crippen molar-refractivity contribution in [1.82, 2.24) is 10.6 Å². The molecule has 0 aliphatic heterocycles. The van der Waals surface area contributed by atoms with Gasteiger partial charge in [-0.3, -0.25) is 0 Å². The molecule has 1 aromatic rings. The van der Waals surface area contributed by atoms with Crippen molar-refractivity contribution >= 4 is 15.9 Å². The lowest BCUT2D eigenvalue weighted by atomic mass is 10.2. The summed E-state index contributed by atoms with van der Waals surface area (Å²) < 4.78 is 13.8. The Kier molecular flexibility index (Phi) is 6.70. The van der Waals surface area contributed by atoms with Crippen molar-refractivity contribution in [3.05, 3.63) is 34.1 Å². The molecule has 2 nitrogen and oxygen atoms in total. The number of nitrogens with one attached hydrogen (secondary N) is 2. The molecule has 0 heterocycles. The summed E-state index contributed by atoms with van der Waals surface area (Å²) in [5.74, 6) is 0.467. The number of hydrogen-bond acceptors (Lipinski definition) is 2. The minimum Gasteiger partial charge on any atom is -0.315 e. The molecule has 17 heavy (non-hydrogen) atoms. The normalized spacial score (nSPS) is 11.1. The summed E-state index contributed by atoms with van der Waals surface area (Å²) >= 11 is 3.25. The van der Waals surface area contributed by atoms with E-state index in [1.807, 2.05) is 6.07 Å². The second-order valence-corrected chi connectivity index (χ2v) is 5.28. The molecule has 0 aliphatic carbocycles. The maximum atomic E-state index is 13.2. The van der Waals surface area contributed by atoms with E-state index >= 15 is 0 Å². The summed E-state index contributed by atoms with van der Waals surface area (Å²) in [6, 6.07) is 5.10. The van der Waals surface area contributed by atoms with E-state index in [0.29, 0.717) is 16.9 Å². The van der Waals surface area contributed by atoms with Gasteiger partial charge in [-0.05, 0) is 40.0 Å². The molecule has 2 N–H and O–H groups in total. The van der Waals surface area contributed by atoms with Gasteiger partial charge in [-0.15, -0.1) is 0 Å². The summed E-state index contributed by atoms with van der Waals surface area (Å²) in [4.78, 5) is 0. The van der Waals surface area contributed by atoms with Crippen LogP contribution in [0.2, 0.25) is 0 Å². The Labute approximate surface area is 111 Å². The molecule has 0 saturated carbocycles. The van der Waals surface area contributed by atoms with Gasteiger partial charge in [0.1, 0.15) is 5.82 Å². The first-order valence-electron chi connectivity index (χ1n) is 5.95. The van der Waals surface area contributed by atoms with Gasteiger partial charge in [0, 0.05) is 19.6 Å². The first-order valence-corrected chi connectivity index (χ1v) is 6.75. The Morgan fingerprint density at radius 3 is 2.65 bits per heavy atom. The van der Waals surface area contributed by atoms with Gasteiger partial charge in [0.2, 0.25) is 0 Å². The molecule has 0 saturated heterocycles. The van der Waals surface area contributed by atoms with Crippen LogP contribution in [0.3, 0.4) is 0 Å². The summed E-state index contributed by atoms with van der Waals surface area (Å²) in [6.45, 7) is 7.91.